The van der Waals surface area contributed by atoms with Gasteiger partial charge in [-0.2, -0.15) is 0 Å². The van der Waals surface area contributed by atoms with Crippen molar-refractivity contribution in [2.24, 2.45) is 0 Å². The van der Waals surface area contributed by atoms with Crippen LogP contribution in [0.4, 0.5) is 4.79 Å². The molecule has 1 aromatic carbocycles. The predicted molar refractivity (Wildman–Crippen MR) is 146 cm³/mol. The van der Waals surface area contributed by atoms with E-state index >= 15 is 0 Å². The number of Topliss-reactive ketones (excluding diaryl/α,β-unsaturated/α-hetero) is 1. The van der Waals surface area contributed by atoms with Gasteiger partial charge >= 0.3 is 12.1 Å². The fourth-order valence-electron chi connectivity index (χ4n) is 4.91. The van der Waals surface area contributed by atoms with Crippen molar-refractivity contribution >= 4 is 17.8 Å². The highest BCUT2D eigenvalue weighted by Gasteiger charge is 2.31. The van der Waals surface area contributed by atoms with E-state index in [1.54, 1.807) is 0 Å². The number of amides is 1. The van der Waals surface area contributed by atoms with Crippen LogP contribution in [0.1, 0.15) is 120 Å². The number of benzene rings is 1. The van der Waals surface area contributed by atoms with E-state index in [1.165, 1.54) is 68.3 Å². The van der Waals surface area contributed by atoms with Crippen molar-refractivity contribution < 1.29 is 23.9 Å². The van der Waals surface area contributed by atoms with Crippen molar-refractivity contribution in [3.63, 3.8) is 0 Å². The van der Waals surface area contributed by atoms with Gasteiger partial charge in [0.05, 0.1) is 19.0 Å². The second kappa shape index (κ2) is 18.4. The fourth-order valence-corrected chi connectivity index (χ4v) is 4.91. The summed E-state index contributed by atoms with van der Waals surface area (Å²) in [6.45, 7) is 1.86. The minimum atomic E-state index is -0.611. The van der Waals surface area contributed by atoms with E-state index in [0.29, 0.717) is 6.42 Å². The highest BCUT2D eigenvalue weighted by Crippen LogP contribution is 2.35. The van der Waals surface area contributed by atoms with E-state index < -0.39 is 18.9 Å². The molecule has 1 atom stereocenters. The monoisotopic (exact) mass is 511 g/mol. The van der Waals surface area contributed by atoms with E-state index in [2.05, 4.69) is 18.9 Å². The smallest absolute Gasteiger partial charge is 0.413 e. The third-order valence-corrected chi connectivity index (χ3v) is 7.04. The standard InChI is InChI=1S/C31H45NO5/c1-3-5-6-7-8-9-10-11-12-13-14-18-27(33)21-23-30(34)36-25-37-31(35)32(24-4-2)29-22-20-26-17-15-16-19-28(26)29/h2,15-17,19,29H,3,5-14,18,20-25H2,1H3/t29-/m1/s1. The van der Waals surface area contributed by atoms with Crippen molar-refractivity contribution in [2.75, 3.05) is 13.3 Å². The van der Waals surface area contributed by atoms with Gasteiger partial charge in [0.25, 0.3) is 0 Å². The van der Waals surface area contributed by atoms with E-state index in [4.69, 9.17) is 15.9 Å². The van der Waals surface area contributed by atoms with Crippen molar-refractivity contribution in [2.45, 2.75) is 116 Å². The first-order valence-electron chi connectivity index (χ1n) is 14.2. The highest BCUT2D eigenvalue weighted by atomic mass is 16.7. The van der Waals surface area contributed by atoms with Gasteiger partial charge in [0.1, 0.15) is 5.78 Å². The molecule has 0 heterocycles. The average Bonchev–Trinajstić information content (AvgIpc) is 3.33. The number of terminal acetylenes is 1. The van der Waals surface area contributed by atoms with Gasteiger partial charge in [-0.05, 0) is 30.4 Å². The fraction of sp³-hybridized carbons (Fsp3) is 0.645. The summed E-state index contributed by atoms with van der Waals surface area (Å²) < 4.78 is 10.2. The molecule has 1 aliphatic rings. The quantitative estimate of drug-likeness (QED) is 0.0843. The zero-order chi connectivity index (χ0) is 26.7. The minimum Gasteiger partial charge on any atom is -0.428 e. The molecule has 0 bridgehead atoms. The summed E-state index contributed by atoms with van der Waals surface area (Å²) in [5, 5.41) is 0. The van der Waals surface area contributed by atoms with Gasteiger partial charge in [-0.25, -0.2) is 4.79 Å². The molecule has 0 saturated heterocycles. The van der Waals surface area contributed by atoms with E-state index in [-0.39, 0.29) is 31.2 Å². The van der Waals surface area contributed by atoms with Crippen LogP contribution in [0.3, 0.4) is 0 Å². The number of rotatable bonds is 19. The maximum atomic E-state index is 12.6. The van der Waals surface area contributed by atoms with Crippen LogP contribution in [-0.4, -0.2) is 36.1 Å². The maximum Gasteiger partial charge on any atom is 0.413 e. The van der Waals surface area contributed by atoms with Gasteiger partial charge in [0.15, 0.2) is 0 Å². The molecule has 0 radical (unpaired) electrons. The lowest BCUT2D eigenvalue weighted by Gasteiger charge is -2.27. The Morgan fingerprint density at radius 3 is 2.22 bits per heavy atom. The molecule has 0 aromatic heterocycles. The van der Waals surface area contributed by atoms with E-state index in [1.807, 2.05) is 18.2 Å². The van der Waals surface area contributed by atoms with Crippen LogP contribution in [0, 0.1) is 12.3 Å². The highest BCUT2D eigenvalue weighted by molar-refractivity contribution is 5.82. The molecular formula is C31H45NO5. The van der Waals surface area contributed by atoms with Crippen LogP contribution in [0.5, 0.6) is 0 Å². The third-order valence-electron chi connectivity index (χ3n) is 7.04. The molecule has 0 fully saturated rings. The Bertz CT molecular complexity index is 875. The molecular weight excluding hydrogens is 466 g/mol. The number of carbonyl (C=O) groups is 3. The number of fused-ring (bicyclic) bond motifs is 1. The van der Waals surface area contributed by atoms with Crippen LogP contribution in [0.25, 0.3) is 0 Å². The average molecular weight is 512 g/mol. The molecule has 6 heteroatoms. The summed E-state index contributed by atoms with van der Waals surface area (Å²) in [4.78, 5) is 38.2. The molecule has 0 saturated carbocycles. The van der Waals surface area contributed by atoms with Crippen LogP contribution in [-0.2, 0) is 25.5 Å². The minimum absolute atomic E-state index is 0.00150. The number of esters is 1. The lowest BCUT2D eigenvalue weighted by molar-refractivity contribution is -0.153. The molecule has 0 unspecified atom stereocenters. The van der Waals surface area contributed by atoms with E-state index in [0.717, 1.165) is 31.2 Å². The zero-order valence-electron chi connectivity index (χ0n) is 22.7. The first-order valence-corrected chi connectivity index (χ1v) is 14.2. The Labute approximate surface area is 223 Å². The summed E-state index contributed by atoms with van der Waals surface area (Å²) in [6, 6.07) is 7.82. The largest absolute Gasteiger partial charge is 0.428 e. The van der Waals surface area contributed by atoms with E-state index in [9.17, 15) is 14.4 Å². The molecule has 6 nitrogen and oxygen atoms in total. The third kappa shape index (κ3) is 11.9. The number of carbonyl (C=O) groups excluding carboxylic acids is 3. The van der Waals surface area contributed by atoms with Crippen molar-refractivity contribution in [3.8, 4) is 12.3 Å². The van der Waals surface area contributed by atoms with Crippen LogP contribution < -0.4 is 0 Å². The van der Waals surface area contributed by atoms with Crippen molar-refractivity contribution in [3.05, 3.63) is 35.4 Å². The normalized spacial score (nSPS) is 14.0. The van der Waals surface area contributed by atoms with Gasteiger partial charge < -0.3 is 9.47 Å². The van der Waals surface area contributed by atoms with Crippen LogP contribution in [0.15, 0.2) is 24.3 Å². The van der Waals surface area contributed by atoms with Gasteiger partial charge in [-0.1, -0.05) is 101 Å². The number of hydrogen-bond acceptors (Lipinski definition) is 5. The van der Waals surface area contributed by atoms with Crippen molar-refractivity contribution in [1.82, 2.24) is 4.90 Å². The lowest BCUT2D eigenvalue weighted by atomic mass is 10.0. The molecule has 37 heavy (non-hydrogen) atoms. The molecule has 0 N–H and O–H groups in total. The second-order valence-electron chi connectivity index (χ2n) is 9.95. The predicted octanol–water partition coefficient (Wildman–Crippen LogP) is 7.30. The van der Waals surface area contributed by atoms with Crippen LogP contribution >= 0.6 is 0 Å². The maximum absolute atomic E-state index is 12.6. The Kier molecular flexibility index (Phi) is 15.2. The Morgan fingerprint density at radius 1 is 0.892 bits per heavy atom. The summed E-state index contributed by atoms with van der Waals surface area (Å²) in [6.07, 6.45) is 20.8. The van der Waals surface area contributed by atoms with Gasteiger partial charge in [0, 0.05) is 12.8 Å². The number of hydrogen-bond donors (Lipinski definition) is 0. The summed E-state index contributed by atoms with van der Waals surface area (Å²) in [5.41, 5.74) is 2.27. The summed E-state index contributed by atoms with van der Waals surface area (Å²) in [7, 11) is 0. The number of ether oxygens (including phenoxy) is 2. The molecule has 0 spiro atoms. The SMILES string of the molecule is C#CCN(C(=O)OCOC(=O)CCC(=O)CCCCCCCCCCCCC)[C@@H]1CCc2ccccc21. The number of unbranched alkanes of at least 4 members (excludes halogenated alkanes) is 10. The number of nitrogens with zero attached hydrogens (tertiary/aromatic N) is 1. The Balaban J connectivity index is 1.53. The molecule has 204 valence electrons. The summed E-state index contributed by atoms with van der Waals surface area (Å²) >= 11 is 0. The zero-order valence-corrected chi connectivity index (χ0v) is 22.7. The molecule has 1 aromatic rings. The topological polar surface area (TPSA) is 72.9 Å². The lowest BCUT2D eigenvalue weighted by Crippen LogP contribution is -2.35. The first kappa shape index (κ1) is 30.4. The number of ketones is 1. The van der Waals surface area contributed by atoms with Gasteiger partial charge in [-0.3, -0.25) is 14.5 Å². The van der Waals surface area contributed by atoms with Crippen LogP contribution in [0.2, 0.25) is 0 Å². The number of aryl methyl sites for hydroxylation is 1. The molecule has 1 aliphatic carbocycles. The van der Waals surface area contributed by atoms with Gasteiger partial charge in [-0.15, -0.1) is 6.42 Å². The second-order valence-corrected chi connectivity index (χ2v) is 9.95. The molecule has 1 amide bonds. The Morgan fingerprint density at radius 2 is 1.54 bits per heavy atom. The first-order chi connectivity index (χ1) is 18.1. The van der Waals surface area contributed by atoms with Gasteiger partial charge in [0.2, 0.25) is 6.79 Å². The molecule has 2 rings (SSSR count). The summed E-state index contributed by atoms with van der Waals surface area (Å²) in [5.74, 6) is 2.04. The molecule has 0 aliphatic heterocycles. The van der Waals surface area contributed by atoms with Crippen molar-refractivity contribution in [1.29, 1.82) is 0 Å². The Hall–Kier alpha value is -2.81.